The van der Waals surface area contributed by atoms with E-state index in [-0.39, 0.29) is 20.9 Å². The highest BCUT2D eigenvalue weighted by Crippen LogP contribution is 2.61. The number of fused-ring (bicyclic) bond motifs is 1. The van der Waals surface area contributed by atoms with Crippen molar-refractivity contribution >= 4 is 45.0 Å². The van der Waals surface area contributed by atoms with Crippen LogP contribution in [0.1, 0.15) is 24.2 Å². The van der Waals surface area contributed by atoms with Crippen molar-refractivity contribution in [3.8, 4) is 0 Å². The number of halogens is 2. The van der Waals surface area contributed by atoms with Crippen LogP contribution in [0.4, 0.5) is 0 Å². The molecule has 23 heavy (non-hydrogen) atoms. The third-order valence-electron chi connectivity index (χ3n) is 4.50. The first-order chi connectivity index (χ1) is 10.6. The Balaban J connectivity index is 2.00. The van der Waals surface area contributed by atoms with Crippen molar-refractivity contribution in [1.82, 2.24) is 4.31 Å². The van der Waals surface area contributed by atoms with Gasteiger partial charge in [-0.3, -0.25) is 9.59 Å². The van der Waals surface area contributed by atoms with Gasteiger partial charge in [0.25, 0.3) is 15.9 Å². The highest BCUT2D eigenvalue weighted by atomic mass is 35.5. The Morgan fingerprint density at radius 2 is 1.87 bits per heavy atom. The average Bonchev–Trinajstić information content (AvgIpc) is 2.90. The van der Waals surface area contributed by atoms with Crippen LogP contribution in [0.3, 0.4) is 0 Å². The summed E-state index contributed by atoms with van der Waals surface area (Å²) in [5, 5.41) is 0. The zero-order valence-electron chi connectivity index (χ0n) is 12.3. The van der Waals surface area contributed by atoms with Gasteiger partial charge >= 0.3 is 0 Å². The molecule has 122 valence electrons. The second-order valence-electron chi connectivity index (χ2n) is 6.19. The number of sulfonamides is 1. The van der Waals surface area contributed by atoms with Crippen molar-refractivity contribution in [3.63, 3.8) is 0 Å². The molecule has 2 atom stereocenters. The van der Waals surface area contributed by atoms with E-state index in [1.165, 1.54) is 24.3 Å². The first-order valence-electron chi connectivity index (χ1n) is 6.85. The predicted octanol–water partition coefficient (Wildman–Crippen LogP) is 2.95. The Morgan fingerprint density at radius 1 is 1.26 bits per heavy atom. The van der Waals surface area contributed by atoms with E-state index in [1.54, 1.807) is 19.9 Å². The lowest BCUT2D eigenvalue weighted by Gasteiger charge is -2.13. The van der Waals surface area contributed by atoms with E-state index in [9.17, 15) is 18.0 Å². The molecule has 0 bridgehead atoms. The summed E-state index contributed by atoms with van der Waals surface area (Å²) in [6.45, 7) is 3.60. The van der Waals surface area contributed by atoms with Gasteiger partial charge in [-0.05, 0) is 29.5 Å². The third kappa shape index (κ3) is 2.31. The van der Waals surface area contributed by atoms with Crippen LogP contribution < -0.4 is 0 Å². The molecular weight excluding hydrogens is 361 g/mol. The minimum absolute atomic E-state index is 0.0114. The molecule has 3 rings (SSSR count). The molecule has 0 N–H and O–H groups in total. The summed E-state index contributed by atoms with van der Waals surface area (Å²) < 4.78 is 25.4. The number of imide groups is 1. The van der Waals surface area contributed by atoms with E-state index in [2.05, 4.69) is 0 Å². The van der Waals surface area contributed by atoms with E-state index in [1.807, 2.05) is 0 Å². The molecule has 1 saturated carbocycles. The van der Waals surface area contributed by atoms with Crippen LogP contribution in [0, 0.1) is 17.3 Å². The normalized spacial score (nSPS) is 26.6. The smallest absolute Gasteiger partial charge is 0.273 e. The van der Waals surface area contributed by atoms with Gasteiger partial charge in [0.05, 0.1) is 11.5 Å². The molecule has 0 radical (unpaired) electrons. The number of nitrogens with zero attached hydrogens (tertiary/aromatic N) is 1. The summed E-state index contributed by atoms with van der Waals surface area (Å²) in [6.07, 6.45) is 1.51. The van der Waals surface area contributed by atoms with Gasteiger partial charge in [0.1, 0.15) is 9.39 Å². The van der Waals surface area contributed by atoms with Crippen molar-refractivity contribution in [1.29, 1.82) is 0 Å². The topological polar surface area (TPSA) is 71.5 Å². The fourth-order valence-corrected chi connectivity index (χ4v) is 4.95. The summed E-state index contributed by atoms with van der Waals surface area (Å²) >= 11 is 11.3. The summed E-state index contributed by atoms with van der Waals surface area (Å²) in [5.41, 5.74) is -0.502. The number of carbonyl (C=O) groups is 2. The van der Waals surface area contributed by atoms with Crippen LogP contribution in [0.15, 0.2) is 39.7 Å². The van der Waals surface area contributed by atoms with Crippen molar-refractivity contribution < 1.29 is 18.0 Å². The van der Waals surface area contributed by atoms with Gasteiger partial charge < -0.3 is 0 Å². The number of hydrogen-bond acceptors (Lipinski definition) is 4. The maximum atomic E-state index is 12.7. The minimum atomic E-state index is -4.15. The Morgan fingerprint density at radius 3 is 2.43 bits per heavy atom. The Labute approximate surface area is 143 Å². The van der Waals surface area contributed by atoms with Crippen LogP contribution in [0.5, 0.6) is 0 Å². The molecule has 0 saturated heterocycles. The molecule has 5 nitrogen and oxygen atoms in total. The average molecular weight is 374 g/mol. The highest BCUT2D eigenvalue weighted by Gasteiger charge is 2.64. The van der Waals surface area contributed by atoms with Gasteiger partial charge in [-0.15, -0.1) is 0 Å². The van der Waals surface area contributed by atoms with Crippen LogP contribution in [-0.2, 0) is 14.8 Å². The number of hydrogen-bond donors (Lipinski definition) is 0. The van der Waals surface area contributed by atoms with Crippen molar-refractivity contribution in [2.75, 3.05) is 0 Å². The molecule has 1 aromatic carbocycles. The molecule has 1 heterocycles. The van der Waals surface area contributed by atoms with Crippen LogP contribution in [0.2, 0.25) is 0 Å². The second-order valence-corrected chi connectivity index (χ2v) is 8.95. The molecule has 0 aromatic heterocycles. The SMILES string of the molecule is CC1(C)C(C=C(Cl)Cl)C1C(=O)N1C(=O)c2ccccc2S1(=O)=O. The van der Waals surface area contributed by atoms with Gasteiger partial charge in [0.15, 0.2) is 0 Å². The number of amides is 2. The summed E-state index contributed by atoms with van der Waals surface area (Å²) in [7, 11) is -4.15. The fraction of sp³-hybridized carbons (Fsp3) is 0.333. The fourth-order valence-electron chi connectivity index (χ4n) is 3.13. The number of allylic oxidation sites excluding steroid dienone is 1. The van der Waals surface area contributed by atoms with Gasteiger partial charge in [-0.1, -0.05) is 49.2 Å². The van der Waals surface area contributed by atoms with E-state index >= 15 is 0 Å². The van der Waals surface area contributed by atoms with E-state index in [0.717, 1.165) is 0 Å². The summed E-state index contributed by atoms with van der Waals surface area (Å²) in [6, 6.07) is 5.78. The van der Waals surface area contributed by atoms with E-state index < -0.39 is 33.2 Å². The lowest BCUT2D eigenvalue weighted by atomic mass is 10.1. The predicted molar refractivity (Wildman–Crippen MR) is 85.4 cm³/mol. The number of benzene rings is 1. The molecule has 8 heteroatoms. The lowest BCUT2D eigenvalue weighted by Crippen LogP contribution is -2.38. The first-order valence-corrected chi connectivity index (χ1v) is 9.05. The van der Waals surface area contributed by atoms with Crippen LogP contribution in [-0.4, -0.2) is 24.5 Å². The number of rotatable bonds is 2. The van der Waals surface area contributed by atoms with Crippen molar-refractivity contribution in [3.05, 3.63) is 40.4 Å². The third-order valence-corrected chi connectivity index (χ3v) is 6.49. The molecule has 2 aliphatic rings. The largest absolute Gasteiger partial charge is 0.276 e. The minimum Gasteiger partial charge on any atom is -0.273 e. The van der Waals surface area contributed by atoms with E-state index in [0.29, 0.717) is 4.31 Å². The molecule has 1 fully saturated rings. The zero-order chi connectivity index (χ0) is 17.2. The second kappa shape index (κ2) is 5.06. The Bertz CT molecular complexity index is 856. The monoisotopic (exact) mass is 373 g/mol. The van der Waals surface area contributed by atoms with Gasteiger partial charge in [-0.25, -0.2) is 8.42 Å². The zero-order valence-corrected chi connectivity index (χ0v) is 14.6. The van der Waals surface area contributed by atoms with Gasteiger partial charge in [0.2, 0.25) is 5.91 Å². The Kier molecular flexibility index (Phi) is 3.63. The molecule has 2 unspecified atom stereocenters. The summed E-state index contributed by atoms with van der Waals surface area (Å²) in [5.74, 6) is -2.53. The summed E-state index contributed by atoms with van der Waals surface area (Å²) in [4.78, 5) is 25.0. The molecule has 2 amide bonds. The van der Waals surface area contributed by atoms with Crippen molar-refractivity contribution in [2.24, 2.45) is 17.3 Å². The standard InChI is InChI=1S/C15H13Cl2NO4S/c1-15(2)9(7-11(16)17)12(15)14(20)18-13(19)8-5-3-4-6-10(8)23(18,21)22/h3-7,9,12H,1-2H3. The maximum Gasteiger partial charge on any atom is 0.276 e. The van der Waals surface area contributed by atoms with Crippen LogP contribution in [0.25, 0.3) is 0 Å². The quantitative estimate of drug-likeness (QED) is 0.747. The Hall–Kier alpha value is -1.37. The first kappa shape index (κ1) is 16.5. The molecule has 1 aliphatic carbocycles. The number of carbonyl (C=O) groups excluding carboxylic acids is 2. The lowest BCUT2D eigenvalue weighted by molar-refractivity contribution is -0.126. The van der Waals surface area contributed by atoms with Gasteiger partial charge in [-0.2, -0.15) is 4.31 Å². The highest BCUT2D eigenvalue weighted by molar-refractivity contribution is 7.90. The molecular formula is C15H13Cl2NO4S. The van der Waals surface area contributed by atoms with Crippen LogP contribution >= 0.6 is 23.2 Å². The molecule has 0 spiro atoms. The molecule has 1 aromatic rings. The van der Waals surface area contributed by atoms with Crippen molar-refractivity contribution in [2.45, 2.75) is 18.7 Å². The van der Waals surface area contributed by atoms with Gasteiger partial charge in [0, 0.05) is 0 Å². The van der Waals surface area contributed by atoms with E-state index in [4.69, 9.17) is 23.2 Å². The molecule has 1 aliphatic heterocycles. The maximum absolute atomic E-state index is 12.7.